The van der Waals surface area contributed by atoms with E-state index in [1.807, 2.05) is 6.07 Å². The Morgan fingerprint density at radius 3 is 2.47 bits per heavy atom. The smallest absolute Gasteiger partial charge is 0.190 e. The van der Waals surface area contributed by atoms with E-state index in [1.165, 1.54) is 12.2 Å². The molecule has 0 fully saturated rings. The van der Waals surface area contributed by atoms with Gasteiger partial charge in [0.05, 0.1) is 5.56 Å². The van der Waals surface area contributed by atoms with Crippen LogP contribution in [0, 0.1) is 0 Å². The molecule has 0 atom stereocenters. The molecule has 0 radical (unpaired) electrons. The number of benzene rings is 2. The Labute approximate surface area is 97.0 Å². The molecule has 2 aromatic carbocycles. The quantitative estimate of drug-likeness (QED) is 0.747. The molecule has 0 unspecified atom stereocenters. The Balaban J connectivity index is 2.48. The highest BCUT2D eigenvalue weighted by atomic mass is 16.3. The van der Waals surface area contributed by atoms with Crippen molar-refractivity contribution in [1.29, 1.82) is 0 Å². The Kier molecular flexibility index (Phi) is 1.89. The molecule has 17 heavy (non-hydrogen) atoms. The van der Waals surface area contributed by atoms with Gasteiger partial charge in [-0.05, 0) is 23.6 Å². The fourth-order valence-corrected chi connectivity index (χ4v) is 2.10. The molecule has 1 aliphatic carbocycles. The van der Waals surface area contributed by atoms with Crippen LogP contribution in [-0.4, -0.2) is 16.7 Å². The Bertz CT molecular complexity index is 696. The summed E-state index contributed by atoms with van der Waals surface area (Å²) in [5.74, 6) is -0.690. The summed E-state index contributed by atoms with van der Waals surface area (Å²) in [7, 11) is 0. The third-order valence-corrected chi connectivity index (χ3v) is 2.92. The predicted molar refractivity (Wildman–Crippen MR) is 63.4 cm³/mol. The molecule has 0 saturated heterocycles. The molecule has 0 spiro atoms. The Hall–Kier alpha value is -2.42. The summed E-state index contributed by atoms with van der Waals surface area (Å²) in [4.78, 5) is 23.4. The lowest BCUT2D eigenvalue weighted by molar-refractivity contribution is 0.0992. The maximum atomic E-state index is 11.7. The summed E-state index contributed by atoms with van der Waals surface area (Å²) in [5, 5.41) is 11.4. The van der Waals surface area contributed by atoms with Crippen molar-refractivity contribution in [1.82, 2.24) is 0 Å². The molecule has 0 bridgehead atoms. The largest absolute Gasteiger partial charge is 0.507 e. The molecule has 1 N–H and O–H groups in total. The maximum Gasteiger partial charge on any atom is 0.190 e. The molecule has 2 aromatic rings. The van der Waals surface area contributed by atoms with E-state index in [2.05, 4.69) is 0 Å². The molecule has 0 heterocycles. The monoisotopic (exact) mass is 224 g/mol. The van der Waals surface area contributed by atoms with Gasteiger partial charge in [0.2, 0.25) is 0 Å². The van der Waals surface area contributed by atoms with Crippen molar-refractivity contribution in [2.24, 2.45) is 0 Å². The van der Waals surface area contributed by atoms with Crippen LogP contribution >= 0.6 is 0 Å². The first-order valence-electron chi connectivity index (χ1n) is 5.20. The minimum Gasteiger partial charge on any atom is -0.507 e. The van der Waals surface area contributed by atoms with Crippen LogP contribution in [0.1, 0.15) is 20.7 Å². The summed E-state index contributed by atoms with van der Waals surface area (Å²) in [6, 6.07) is 8.76. The number of phenolic OH excluding ortho intramolecular Hbond substituents is 1. The molecule has 3 heteroatoms. The van der Waals surface area contributed by atoms with E-state index in [1.54, 1.807) is 24.3 Å². The number of allylic oxidation sites excluding steroid dienone is 2. The first kappa shape index (κ1) is 9.78. The van der Waals surface area contributed by atoms with E-state index in [0.29, 0.717) is 5.39 Å². The second-order valence-electron chi connectivity index (χ2n) is 3.93. The number of carbonyl (C=O) groups excluding carboxylic acids is 2. The van der Waals surface area contributed by atoms with Crippen LogP contribution in [-0.2, 0) is 0 Å². The van der Waals surface area contributed by atoms with E-state index in [0.717, 1.165) is 5.39 Å². The van der Waals surface area contributed by atoms with Gasteiger partial charge in [-0.3, -0.25) is 9.59 Å². The third kappa shape index (κ3) is 1.29. The first-order chi connectivity index (χ1) is 8.18. The number of ketones is 2. The topological polar surface area (TPSA) is 54.4 Å². The summed E-state index contributed by atoms with van der Waals surface area (Å²) in [6.07, 6.45) is 2.43. The van der Waals surface area contributed by atoms with Gasteiger partial charge < -0.3 is 5.11 Å². The average Bonchev–Trinajstić information content (AvgIpc) is 2.34. The minimum absolute atomic E-state index is 0.108. The molecule has 82 valence electrons. The number of carbonyl (C=O) groups is 2. The van der Waals surface area contributed by atoms with Crippen LogP contribution in [0.2, 0.25) is 0 Å². The molecule has 3 nitrogen and oxygen atoms in total. The number of phenols is 1. The molecule has 1 aliphatic rings. The second-order valence-corrected chi connectivity index (χ2v) is 3.93. The molecule has 0 aliphatic heterocycles. The van der Waals surface area contributed by atoms with Crippen LogP contribution < -0.4 is 0 Å². The van der Waals surface area contributed by atoms with Gasteiger partial charge in [0.1, 0.15) is 5.75 Å². The Morgan fingerprint density at radius 2 is 1.65 bits per heavy atom. The highest BCUT2D eigenvalue weighted by Crippen LogP contribution is 2.34. The molecule has 0 aromatic heterocycles. The van der Waals surface area contributed by atoms with Crippen molar-refractivity contribution in [2.75, 3.05) is 0 Å². The summed E-state index contributed by atoms with van der Waals surface area (Å²) >= 11 is 0. The normalized spacial score (nSPS) is 14.1. The number of hydrogen-bond donors (Lipinski definition) is 1. The molecule has 0 saturated carbocycles. The van der Waals surface area contributed by atoms with E-state index >= 15 is 0 Å². The predicted octanol–water partition coefficient (Wildman–Crippen LogP) is 2.48. The summed E-state index contributed by atoms with van der Waals surface area (Å²) in [6.45, 7) is 0. The Morgan fingerprint density at radius 1 is 0.941 bits per heavy atom. The van der Waals surface area contributed by atoms with Crippen molar-refractivity contribution in [3.05, 3.63) is 53.6 Å². The van der Waals surface area contributed by atoms with E-state index in [-0.39, 0.29) is 28.4 Å². The van der Waals surface area contributed by atoms with Gasteiger partial charge in [-0.15, -0.1) is 0 Å². The minimum atomic E-state index is -0.331. The first-order valence-corrected chi connectivity index (χ1v) is 5.20. The van der Waals surface area contributed by atoms with Crippen LogP contribution in [0.3, 0.4) is 0 Å². The zero-order valence-corrected chi connectivity index (χ0v) is 8.81. The molecular formula is C14H8O3. The van der Waals surface area contributed by atoms with E-state index in [4.69, 9.17) is 0 Å². The van der Waals surface area contributed by atoms with Crippen LogP contribution in [0.5, 0.6) is 5.75 Å². The molecule has 3 rings (SSSR count). The van der Waals surface area contributed by atoms with Crippen molar-refractivity contribution < 1.29 is 14.7 Å². The second kappa shape index (κ2) is 3.28. The standard InChI is InChI=1S/C14H8O3/c15-11-5-6-12(16)13-10(11)7-8-3-1-2-4-9(8)14(13)17/h1-7,17H. The number of hydrogen-bond acceptors (Lipinski definition) is 3. The van der Waals surface area contributed by atoms with Crippen molar-refractivity contribution in [3.8, 4) is 5.75 Å². The number of fused-ring (bicyclic) bond motifs is 2. The van der Waals surface area contributed by atoms with Crippen LogP contribution in [0.25, 0.3) is 10.8 Å². The molecular weight excluding hydrogens is 216 g/mol. The zero-order valence-electron chi connectivity index (χ0n) is 8.81. The van der Waals surface area contributed by atoms with Crippen LogP contribution in [0.15, 0.2) is 42.5 Å². The third-order valence-electron chi connectivity index (χ3n) is 2.92. The van der Waals surface area contributed by atoms with E-state index in [9.17, 15) is 14.7 Å². The van der Waals surface area contributed by atoms with Crippen molar-refractivity contribution in [2.45, 2.75) is 0 Å². The highest BCUT2D eigenvalue weighted by Gasteiger charge is 2.24. The van der Waals surface area contributed by atoms with Gasteiger partial charge in [0, 0.05) is 10.9 Å². The lowest BCUT2D eigenvalue weighted by atomic mass is 9.90. The van der Waals surface area contributed by atoms with Gasteiger partial charge in [0.15, 0.2) is 11.6 Å². The lowest BCUT2D eigenvalue weighted by Crippen LogP contribution is -2.11. The van der Waals surface area contributed by atoms with Gasteiger partial charge in [-0.2, -0.15) is 0 Å². The highest BCUT2D eigenvalue weighted by molar-refractivity contribution is 6.25. The summed E-state index contributed by atoms with van der Waals surface area (Å²) in [5.41, 5.74) is 0.380. The summed E-state index contributed by atoms with van der Waals surface area (Å²) < 4.78 is 0. The van der Waals surface area contributed by atoms with Crippen molar-refractivity contribution in [3.63, 3.8) is 0 Å². The van der Waals surface area contributed by atoms with Gasteiger partial charge >= 0.3 is 0 Å². The van der Waals surface area contributed by atoms with E-state index < -0.39 is 0 Å². The fourth-order valence-electron chi connectivity index (χ4n) is 2.10. The van der Waals surface area contributed by atoms with Gasteiger partial charge in [-0.25, -0.2) is 0 Å². The fraction of sp³-hybridized carbons (Fsp3) is 0. The number of rotatable bonds is 0. The van der Waals surface area contributed by atoms with Crippen LogP contribution in [0.4, 0.5) is 0 Å². The SMILES string of the molecule is O=C1C=CC(=O)c2c1cc1ccccc1c2O. The van der Waals surface area contributed by atoms with Gasteiger partial charge in [-0.1, -0.05) is 24.3 Å². The number of aromatic hydroxyl groups is 1. The van der Waals surface area contributed by atoms with Gasteiger partial charge in [0.25, 0.3) is 0 Å². The maximum absolute atomic E-state index is 11.7. The zero-order chi connectivity index (χ0) is 12.0. The lowest BCUT2D eigenvalue weighted by Gasteiger charge is -2.13. The molecule has 0 amide bonds. The average molecular weight is 224 g/mol. The van der Waals surface area contributed by atoms with Crippen molar-refractivity contribution >= 4 is 22.3 Å².